The molecule has 1 N–H and O–H groups in total. The van der Waals surface area contributed by atoms with Gasteiger partial charge < -0.3 is 5.11 Å². The Hall–Kier alpha value is -1.04. The molecule has 0 saturated heterocycles. The molecule has 0 spiro atoms. The molecule has 0 saturated carbocycles. The van der Waals surface area contributed by atoms with Gasteiger partial charge >= 0.3 is 0 Å². The van der Waals surface area contributed by atoms with E-state index in [0.29, 0.717) is 0 Å². The predicted molar refractivity (Wildman–Crippen MR) is 48.9 cm³/mol. The molecule has 0 aliphatic rings. The van der Waals surface area contributed by atoms with Crippen LogP contribution >= 0.6 is 15.9 Å². The van der Waals surface area contributed by atoms with Crippen LogP contribution in [-0.4, -0.2) is 16.4 Å². The Morgan fingerprint density at radius 3 is 2.71 bits per heavy atom. The minimum atomic E-state index is -2.89. The third-order valence-corrected chi connectivity index (χ3v) is 2.20. The average Bonchev–Trinajstić information content (AvgIpc) is 2.16. The highest BCUT2D eigenvalue weighted by molar-refractivity contribution is 9.08. The van der Waals surface area contributed by atoms with E-state index in [1.807, 2.05) is 0 Å². The molecule has 0 aromatic carbocycles. The van der Waals surface area contributed by atoms with Crippen LogP contribution in [0.25, 0.3) is 0 Å². The fourth-order valence-corrected chi connectivity index (χ4v) is 1.40. The lowest BCUT2D eigenvalue weighted by molar-refractivity contribution is 0.110. The first-order chi connectivity index (χ1) is 6.61. The van der Waals surface area contributed by atoms with Crippen LogP contribution in [0.3, 0.4) is 0 Å². The zero-order chi connectivity index (χ0) is 10.7. The van der Waals surface area contributed by atoms with Crippen molar-refractivity contribution in [3.05, 3.63) is 23.0 Å². The summed E-state index contributed by atoms with van der Waals surface area (Å²) in [5, 5.41) is 9.49. The smallest absolute Gasteiger partial charge is 0.268 e. The van der Waals surface area contributed by atoms with E-state index in [1.165, 1.54) is 0 Å². The van der Waals surface area contributed by atoms with Gasteiger partial charge in [0.25, 0.3) is 6.43 Å². The van der Waals surface area contributed by atoms with E-state index < -0.39 is 17.7 Å². The number of carbonyl (C=O) groups excluding carboxylic acids is 1. The number of pyridine rings is 1. The van der Waals surface area contributed by atoms with Gasteiger partial charge in [0.15, 0.2) is 6.29 Å². The largest absolute Gasteiger partial charge is 0.505 e. The maximum absolute atomic E-state index is 12.4. The van der Waals surface area contributed by atoms with E-state index in [9.17, 15) is 18.7 Å². The van der Waals surface area contributed by atoms with E-state index >= 15 is 0 Å². The molecule has 0 aliphatic carbocycles. The maximum atomic E-state index is 12.4. The number of hydrogen-bond donors (Lipinski definition) is 1. The van der Waals surface area contributed by atoms with E-state index in [0.717, 1.165) is 6.20 Å². The van der Waals surface area contributed by atoms with Gasteiger partial charge in [-0.05, 0) is 0 Å². The van der Waals surface area contributed by atoms with Crippen molar-refractivity contribution in [2.75, 3.05) is 0 Å². The maximum Gasteiger partial charge on any atom is 0.268 e. The second-order valence-corrected chi connectivity index (χ2v) is 3.04. The molecule has 6 heteroatoms. The SMILES string of the molecule is O=Cc1cnc(CBr)c(O)c1C(F)F. The summed E-state index contributed by atoms with van der Waals surface area (Å²) < 4.78 is 24.9. The number of aldehydes is 1. The highest BCUT2D eigenvalue weighted by Gasteiger charge is 2.20. The highest BCUT2D eigenvalue weighted by Crippen LogP contribution is 2.33. The van der Waals surface area contributed by atoms with Crippen molar-refractivity contribution < 1.29 is 18.7 Å². The molecular weight excluding hydrogens is 260 g/mol. The molecule has 0 aliphatic heterocycles. The lowest BCUT2D eigenvalue weighted by Crippen LogP contribution is -1.99. The molecule has 1 aromatic rings. The van der Waals surface area contributed by atoms with Gasteiger partial charge in [-0.1, -0.05) is 15.9 Å². The van der Waals surface area contributed by atoms with Gasteiger partial charge in [0.1, 0.15) is 5.75 Å². The second kappa shape index (κ2) is 4.45. The predicted octanol–water partition coefficient (Wildman–Crippen LogP) is 2.43. The molecular formula is C8H6BrF2NO2. The standard InChI is InChI=1S/C8H6BrF2NO2/c9-1-5-7(14)6(8(10)11)4(3-13)2-12-5/h2-3,8,14H,1H2. The molecule has 14 heavy (non-hydrogen) atoms. The summed E-state index contributed by atoms with van der Waals surface area (Å²) >= 11 is 2.98. The quantitative estimate of drug-likeness (QED) is 0.675. The Labute approximate surface area is 86.9 Å². The van der Waals surface area contributed by atoms with Crippen LogP contribution in [0.1, 0.15) is 28.0 Å². The number of aromatic hydroxyl groups is 1. The van der Waals surface area contributed by atoms with E-state index in [4.69, 9.17) is 0 Å². The number of hydrogen-bond acceptors (Lipinski definition) is 3. The van der Waals surface area contributed by atoms with Crippen molar-refractivity contribution in [1.29, 1.82) is 0 Å². The van der Waals surface area contributed by atoms with Crippen LogP contribution in [0.4, 0.5) is 8.78 Å². The van der Waals surface area contributed by atoms with Crippen LogP contribution < -0.4 is 0 Å². The van der Waals surface area contributed by atoms with Crippen molar-refractivity contribution in [1.82, 2.24) is 4.98 Å². The molecule has 1 aromatic heterocycles. The van der Waals surface area contributed by atoms with Crippen molar-refractivity contribution in [3.63, 3.8) is 0 Å². The Morgan fingerprint density at radius 2 is 2.29 bits per heavy atom. The molecule has 0 bridgehead atoms. The van der Waals surface area contributed by atoms with Crippen molar-refractivity contribution in [3.8, 4) is 5.75 Å². The first kappa shape index (κ1) is 11.0. The molecule has 0 amide bonds. The summed E-state index contributed by atoms with van der Waals surface area (Å²) in [5.74, 6) is -0.624. The molecule has 0 radical (unpaired) electrons. The Bertz CT molecular complexity index is 357. The first-order valence-corrected chi connectivity index (χ1v) is 4.74. The monoisotopic (exact) mass is 265 g/mol. The number of aromatic nitrogens is 1. The zero-order valence-electron chi connectivity index (χ0n) is 6.88. The minimum Gasteiger partial charge on any atom is -0.505 e. The Balaban J connectivity index is 3.38. The van der Waals surface area contributed by atoms with Gasteiger partial charge in [-0.2, -0.15) is 0 Å². The fraction of sp³-hybridized carbons (Fsp3) is 0.250. The van der Waals surface area contributed by atoms with Crippen LogP contribution in [-0.2, 0) is 5.33 Å². The third-order valence-electron chi connectivity index (χ3n) is 1.67. The summed E-state index contributed by atoms with van der Waals surface area (Å²) in [6.07, 6.45) is -1.63. The molecule has 0 unspecified atom stereocenters. The van der Waals surface area contributed by atoms with Crippen LogP contribution in [0.2, 0.25) is 0 Å². The zero-order valence-corrected chi connectivity index (χ0v) is 8.46. The minimum absolute atomic E-state index is 0.0888. The summed E-state index contributed by atoms with van der Waals surface area (Å²) in [6, 6.07) is 0. The van der Waals surface area contributed by atoms with Crippen LogP contribution in [0.15, 0.2) is 6.20 Å². The van der Waals surface area contributed by atoms with Crippen LogP contribution in [0, 0.1) is 0 Å². The van der Waals surface area contributed by atoms with E-state index in [2.05, 4.69) is 20.9 Å². The molecule has 1 heterocycles. The lowest BCUT2D eigenvalue weighted by Gasteiger charge is -2.08. The van der Waals surface area contributed by atoms with Crippen molar-refractivity contribution >= 4 is 22.2 Å². The van der Waals surface area contributed by atoms with Crippen LogP contribution in [0.5, 0.6) is 5.75 Å². The van der Waals surface area contributed by atoms with Gasteiger partial charge in [0, 0.05) is 17.1 Å². The fourth-order valence-electron chi connectivity index (χ4n) is 0.991. The van der Waals surface area contributed by atoms with E-state index in [-0.39, 0.29) is 22.9 Å². The van der Waals surface area contributed by atoms with Crippen molar-refractivity contribution in [2.24, 2.45) is 0 Å². The summed E-state index contributed by atoms with van der Waals surface area (Å²) in [5.41, 5.74) is -0.863. The number of carbonyl (C=O) groups is 1. The number of nitrogens with zero attached hydrogens (tertiary/aromatic N) is 1. The molecule has 76 valence electrons. The lowest BCUT2D eigenvalue weighted by atomic mass is 10.1. The normalized spacial score (nSPS) is 10.6. The average molecular weight is 266 g/mol. The van der Waals surface area contributed by atoms with Gasteiger partial charge in [-0.3, -0.25) is 9.78 Å². The van der Waals surface area contributed by atoms with Gasteiger partial charge in [-0.15, -0.1) is 0 Å². The topological polar surface area (TPSA) is 50.2 Å². The van der Waals surface area contributed by atoms with Gasteiger partial charge in [-0.25, -0.2) is 8.78 Å². The molecule has 0 fully saturated rings. The molecule has 1 rings (SSSR count). The second-order valence-electron chi connectivity index (χ2n) is 2.47. The first-order valence-electron chi connectivity index (χ1n) is 3.61. The molecule has 0 atom stereocenters. The third kappa shape index (κ3) is 1.89. The number of halogens is 3. The van der Waals surface area contributed by atoms with Gasteiger partial charge in [0.2, 0.25) is 0 Å². The number of alkyl halides is 3. The van der Waals surface area contributed by atoms with Crippen molar-refractivity contribution in [2.45, 2.75) is 11.8 Å². The summed E-state index contributed by atoms with van der Waals surface area (Å²) in [6.45, 7) is 0. The summed E-state index contributed by atoms with van der Waals surface area (Å²) in [4.78, 5) is 14.0. The molecule has 3 nitrogen and oxygen atoms in total. The number of rotatable bonds is 3. The van der Waals surface area contributed by atoms with E-state index in [1.54, 1.807) is 0 Å². The highest BCUT2D eigenvalue weighted by atomic mass is 79.9. The van der Waals surface area contributed by atoms with Gasteiger partial charge in [0.05, 0.1) is 11.3 Å². The Kier molecular flexibility index (Phi) is 3.51. The summed E-state index contributed by atoms with van der Waals surface area (Å²) in [7, 11) is 0. The Morgan fingerprint density at radius 1 is 1.64 bits per heavy atom.